The summed E-state index contributed by atoms with van der Waals surface area (Å²) in [6.45, 7) is 6.84. The fourth-order valence-corrected chi connectivity index (χ4v) is 3.79. The molecular weight excluding hydrogens is 369 g/mol. The van der Waals surface area contributed by atoms with Crippen molar-refractivity contribution in [2.24, 2.45) is 0 Å². The molecule has 1 aliphatic rings. The van der Waals surface area contributed by atoms with E-state index in [-0.39, 0.29) is 30.2 Å². The number of carbonyl (C=O) groups is 1. The summed E-state index contributed by atoms with van der Waals surface area (Å²) >= 11 is 0. The predicted molar refractivity (Wildman–Crippen MR) is 116 cm³/mol. The molecule has 1 atom stereocenters. The number of nitrogens with zero attached hydrogens (tertiary/aromatic N) is 2. The van der Waals surface area contributed by atoms with Gasteiger partial charge in [0.05, 0.1) is 6.10 Å². The number of hydrogen-bond acceptors (Lipinski definition) is 3. The van der Waals surface area contributed by atoms with Gasteiger partial charge in [0.15, 0.2) is 0 Å². The molecule has 1 N–H and O–H groups in total. The maximum absolute atomic E-state index is 13.0. The van der Waals surface area contributed by atoms with E-state index in [1.165, 1.54) is 12.1 Å². The fraction of sp³-hybridized carbons (Fsp3) is 0.609. The van der Waals surface area contributed by atoms with Crippen LogP contribution in [0.15, 0.2) is 36.9 Å². The van der Waals surface area contributed by atoms with E-state index >= 15 is 0 Å². The number of likely N-dealkylation sites (N-methyl/N-ethyl adjacent to an activating group) is 1. The van der Waals surface area contributed by atoms with Crippen LogP contribution in [0.25, 0.3) is 0 Å². The Morgan fingerprint density at radius 1 is 1.28 bits per heavy atom. The zero-order valence-electron chi connectivity index (χ0n) is 18.1. The van der Waals surface area contributed by atoms with Crippen molar-refractivity contribution in [2.75, 3.05) is 26.0 Å². The molecule has 0 bridgehead atoms. The van der Waals surface area contributed by atoms with Crippen LogP contribution < -0.4 is 5.32 Å². The Morgan fingerprint density at radius 2 is 1.93 bits per heavy atom. The Hall–Kier alpha value is -1.92. The van der Waals surface area contributed by atoms with Gasteiger partial charge in [0.25, 0.3) is 0 Å². The molecule has 29 heavy (non-hydrogen) atoms. The van der Waals surface area contributed by atoms with Crippen molar-refractivity contribution in [2.45, 2.75) is 70.2 Å². The molecular formula is C23H36FN3O2. The van der Waals surface area contributed by atoms with Crippen LogP contribution in [-0.4, -0.2) is 54.8 Å². The SMILES string of the molecule is C=CCN(C)C(CCCC)OC1CCC(N(C)C(=O)Nc2ccc(F)cc2)CC1. The van der Waals surface area contributed by atoms with Gasteiger partial charge in [0, 0.05) is 25.3 Å². The van der Waals surface area contributed by atoms with Gasteiger partial charge < -0.3 is 15.0 Å². The third kappa shape index (κ3) is 7.44. The van der Waals surface area contributed by atoms with Crippen LogP contribution in [0.1, 0.15) is 51.9 Å². The lowest BCUT2D eigenvalue weighted by Crippen LogP contribution is -2.44. The van der Waals surface area contributed by atoms with Crippen molar-refractivity contribution in [1.29, 1.82) is 0 Å². The molecule has 0 saturated heterocycles. The molecule has 0 radical (unpaired) electrons. The van der Waals surface area contributed by atoms with Gasteiger partial charge in [-0.3, -0.25) is 4.90 Å². The summed E-state index contributed by atoms with van der Waals surface area (Å²) in [5, 5.41) is 2.83. The van der Waals surface area contributed by atoms with E-state index in [9.17, 15) is 9.18 Å². The smallest absolute Gasteiger partial charge is 0.321 e. The Morgan fingerprint density at radius 3 is 2.52 bits per heavy atom. The van der Waals surface area contributed by atoms with Gasteiger partial charge in [0.1, 0.15) is 12.0 Å². The van der Waals surface area contributed by atoms with E-state index < -0.39 is 0 Å². The van der Waals surface area contributed by atoms with Crippen molar-refractivity contribution in [1.82, 2.24) is 9.80 Å². The Kier molecular flexibility index (Phi) is 9.61. The predicted octanol–water partition coefficient (Wildman–Crippen LogP) is 5.25. The summed E-state index contributed by atoms with van der Waals surface area (Å²) in [6.07, 6.45) is 9.33. The van der Waals surface area contributed by atoms with E-state index in [1.54, 1.807) is 17.0 Å². The summed E-state index contributed by atoms with van der Waals surface area (Å²) in [6, 6.07) is 5.86. The van der Waals surface area contributed by atoms with Crippen LogP contribution in [0.4, 0.5) is 14.9 Å². The van der Waals surface area contributed by atoms with Crippen molar-refractivity contribution in [3.05, 3.63) is 42.7 Å². The zero-order valence-corrected chi connectivity index (χ0v) is 18.1. The van der Waals surface area contributed by atoms with Gasteiger partial charge in [-0.25, -0.2) is 9.18 Å². The Labute approximate surface area is 174 Å². The summed E-state index contributed by atoms with van der Waals surface area (Å²) in [5.74, 6) is -0.314. The van der Waals surface area contributed by atoms with Crippen LogP contribution >= 0.6 is 0 Å². The molecule has 2 rings (SSSR count). The number of benzene rings is 1. The van der Waals surface area contributed by atoms with Crippen LogP contribution in [0, 0.1) is 5.82 Å². The highest BCUT2D eigenvalue weighted by molar-refractivity contribution is 5.89. The second-order valence-corrected chi connectivity index (χ2v) is 7.94. The lowest BCUT2D eigenvalue weighted by Gasteiger charge is -2.37. The van der Waals surface area contributed by atoms with E-state index in [1.807, 2.05) is 13.1 Å². The minimum atomic E-state index is -0.314. The third-order valence-corrected chi connectivity index (χ3v) is 5.67. The number of halogens is 1. The standard InChI is InChI=1S/C23H36FN3O2/c1-5-7-8-22(26(3)17-6-2)29-21-15-13-20(14-16-21)27(4)23(28)25-19-11-9-18(24)10-12-19/h6,9-12,20-22H,2,5,7-8,13-17H2,1,3-4H3,(H,25,28). The summed E-state index contributed by atoms with van der Waals surface area (Å²) in [7, 11) is 3.91. The van der Waals surface area contributed by atoms with Gasteiger partial charge in [-0.05, 0) is 69.8 Å². The fourth-order valence-electron chi connectivity index (χ4n) is 3.79. The van der Waals surface area contributed by atoms with E-state index in [4.69, 9.17) is 4.74 Å². The van der Waals surface area contributed by atoms with Crippen molar-refractivity contribution < 1.29 is 13.9 Å². The first-order valence-electron chi connectivity index (χ1n) is 10.7. The number of rotatable bonds is 10. The molecule has 1 aromatic rings. The van der Waals surface area contributed by atoms with E-state index in [0.29, 0.717) is 5.69 Å². The number of amides is 2. The Bertz CT molecular complexity index is 630. The second kappa shape index (κ2) is 11.9. The molecule has 0 aromatic heterocycles. The highest BCUT2D eigenvalue weighted by Crippen LogP contribution is 2.27. The number of unbranched alkanes of at least 4 members (excludes halogenated alkanes) is 1. The highest BCUT2D eigenvalue weighted by atomic mass is 19.1. The number of carbonyl (C=O) groups excluding carboxylic acids is 1. The zero-order chi connectivity index (χ0) is 21.2. The van der Waals surface area contributed by atoms with Gasteiger partial charge in [-0.15, -0.1) is 6.58 Å². The summed E-state index contributed by atoms with van der Waals surface area (Å²) in [4.78, 5) is 16.5. The van der Waals surface area contributed by atoms with E-state index in [0.717, 1.165) is 51.5 Å². The first kappa shape index (κ1) is 23.4. The molecule has 0 spiro atoms. The summed E-state index contributed by atoms with van der Waals surface area (Å²) in [5.41, 5.74) is 0.601. The number of ether oxygens (including phenoxy) is 1. The van der Waals surface area contributed by atoms with Crippen molar-refractivity contribution in [3.63, 3.8) is 0 Å². The molecule has 1 aromatic carbocycles. The van der Waals surface area contributed by atoms with Crippen molar-refractivity contribution in [3.8, 4) is 0 Å². The first-order chi connectivity index (χ1) is 13.9. The molecule has 1 saturated carbocycles. The number of urea groups is 1. The quantitative estimate of drug-likeness (QED) is 0.427. The van der Waals surface area contributed by atoms with Gasteiger partial charge in [0.2, 0.25) is 0 Å². The van der Waals surface area contributed by atoms with E-state index in [2.05, 4.69) is 30.8 Å². The topological polar surface area (TPSA) is 44.8 Å². The Balaban J connectivity index is 1.82. The van der Waals surface area contributed by atoms with Gasteiger partial charge >= 0.3 is 6.03 Å². The maximum atomic E-state index is 13.0. The molecule has 6 heteroatoms. The lowest BCUT2D eigenvalue weighted by atomic mass is 9.92. The lowest BCUT2D eigenvalue weighted by molar-refractivity contribution is -0.105. The third-order valence-electron chi connectivity index (χ3n) is 5.67. The minimum absolute atomic E-state index is 0.119. The second-order valence-electron chi connectivity index (χ2n) is 7.94. The first-order valence-corrected chi connectivity index (χ1v) is 10.7. The molecule has 2 amide bonds. The van der Waals surface area contributed by atoms with Crippen molar-refractivity contribution >= 4 is 11.7 Å². The van der Waals surface area contributed by atoms with Crippen LogP contribution in [0.2, 0.25) is 0 Å². The minimum Gasteiger partial charge on any atom is -0.360 e. The molecule has 5 nitrogen and oxygen atoms in total. The van der Waals surface area contributed by atoms with Crippen LogP contribution in [0.5, 0.6) is 0 Å². The van der Waals surface area contributed by atoms with Gasteiger partial charge in [-0.2, -0.15) is 0 Å². The molecule has 162 valence electrons. The normalized spacial score (nSPS) is 20.3. The monoisotopic (exact) mass is 405 g/mol. The van der Waals surface area contributed by atoms with Crippen LogP contribution in [0.3, 0.4) is 0 Å². The number of nitrogens with one attached hydrogen (secondary N) is 1. The van der Waals surface area contributed by atoms with Gasteiger partial charge in [-0.1, -0.05) is 19.4 Å². The largest absolute Gasteiger partial charge is 0.360 e. The average molecular weight is 406 g/mol. The maximum Gasteiger partial charge on any atom is 0.321 e. The molecule has 0 heterocycles. The average Bonchev–Trinajstić information content (AvgIpc) is 2.72. The molecule has 0 aliphatic heterocycles. The number of hydrogen-bond donors (Lipinski definition) is 1. The van der Waals surface area contributed by atoms with Crippen LogP contribution in [-0.2, 0) is 4.74 Å². The molecule has 1 fully saturated rings. The number of anilines is 1. The highest BCUT2D eigenvalue weighted by Gasteiger charge is 2.29. The molecule has 1 aliphatic carbocycles. The molecule has 1 unspecified atom stereocenters. The summed E-state index contributed by atoms with van der Waals surface area (Å²) < 4.78 is 19.4.